The number of methoxy groups -OCH3 is 2. The molecule has 130 valence electrons. The van der Waals surface area contributed by atoms with Crippen molar-refractivity contribution in [1.29, 1.82) is 0 Å². The van der Waals surface area contributed by atoms with E-state index in [2.05, 4.69) is 10.4 Å². The van der Waals surface area contributed by atoms with Crippen molar-refractivity contribution in [3.8, 4) is 11.5 Å². The third-order valence-electron chi connectivity index (χ3n) is 3.79. The second-order valence-electron chi connectivity index (χ2n) is 5.33. The zero-order valence-electron chi connectivity index (χ0n) is 14.5. The van der Waals surface area contributed by atoms with Gasteiger partial charge >= 0.3 is 0 Å². The highest BCUT2D eigenvalue weighted by Gasteiger charge is 2.19. The normalized spacial score (nSPS) is 10.7. The van der Waals surface area contributed by atoms with Gasteiger partial charge in [0.25, 0.3) is 11.5 Å². The summed E-state index contributed by atoms with van der Waals surface area (Å²) in [5, 5.41) is 7.90. The van der Waals surface area contributed by atoms with E-state index in [-0.39, 0.29) is 17.2 Å². The Labute approximate surface area is 140 Å². The molecule has 0 unspecified atom stereocenters. The first kappa shape index (κ1) is 17.8. The molecule has 0 fully saturated rings. The molecule has 0 spiro atoms. The van der Waals surface area contributed by atoms with Gasteiger partial charge in [-0.15, -0.1) is 0 Å². The highest BCUT2D eigenvalue weighted by atomic mass is 16.5. The van der Waals surface area contributed by atoms with Gasteiger partial charge in [-0.05, 0) is 25.5 Å². The van der Waals surface area contributed by atoms with E-state index in [1.807, 2.05) is 6.92 Å². The van der Waals surface area contributed by atoms with Gasteiger partial charge in [-0.3, -0.25) is 9.59 Å². The summed E-state index contributed by atoms with van der Waals surface area (Å²) in [4.78, 5) is 25.0. The van der Waals surface area contributed by atoms with E-state index in [1.165, 1.54) is 18.9 Å². The van der Waals surface area contributed by atoms with E-state index in [0.717, 1.165) is 12.8 Å². The number of carbonyl (C=O) groups is 1. The largest absolute Gasteiger partial charge is 0.493 e. The number of hydrogen-bond acceptors (Lipinski definition) is 5. The van der Waals surface area contributed by atoms with Gasteiger partial charge in [-0.1, -0.05) is 13.3 Å². The summed E-state index contributed by atoms with van der Waals surface area (Å²) in [5.41, 5.74) is -0.0536. The van der Waals surface area contributed by atoms with Crippen molar-refractivity contribution in [2.75, 3.05) is 20.8 Å². The molecule has 7 heteroatoms. The summed E-state index contributed by atoms with van der Waals surface area (Å²) in [7, 11) is 3.01. The topological polar surface area (TPSA) is 82.5 Å². The number of hydrogen-bond donors (Lipinski definition) is 1. The van der Waals surface area contributed by atoms with Crippen LogP contribution in [0.25, 0.3) is 10.8 Å². The van der Waals surface area contributed by atoms with Crippen molar-refractivity contribution in [1.82, 2.24) is 15.1 Å². The lowest BCUT2D eigenvalue weighted by molar-refractivity contribution is 0.0947. The Bertz CT molecular complexity index is 799. The van der Waals surface area contributed by atoms with Crippen LogP contribution < -0.4 is 20.3 Å². The van der Waals surface area contributed by atoms with Crippen molar-refractivity contribution < 1.29 is 14.3 Å². The van der Waals surface area contributed by atoms with Gasteiger partial charge in [-0.25, -0.2) is 4.68 Å². The van der Waals surface area contributed by atoms with Crippen LogP contribution in [-0.4, -0.2) is 36.5 Å². The van der Waals surface area contributed by atoms with Crippen molar-refractivity contribution >= 4 is 16.7 Å². The fourth-order valence-corrected chi connectivity index (χ4v) is 2.46. The van der Waals surface area contributed by atoms with E-state index in [9.17, 15) is 9.59 Å². The third kappa shape index (κ3) is 3.34. The SMILES string of the molecule is CCCCNC(=O)c1nn(CC)c(=O)c2cc(OC)c(OC)cc12. The molecule has 1 aromatic carbocycles. The Hall–Kier alpha value is -2.57. The van der Waals surface area contributed by atoms with Crippen molar-refractivity contribution in [2.45, 2.75) is 33.2 Å². The number of nitrogens with zero attached hydrogens (tertiary/aromatic N) is 2. The molecule has 7 nitrogen and oxygen atoms in total. The second kappa shape index (κ2) is 7.81. The minimum atomic E-state index is -0.303. The van der Waals surface area contributed by atoms with Crippen LogP contribution in [-0.2, 0) is 6.54 Å². The zero-order valence-corrected chi connectivity index (χ0v) is 14.5. The molecule has 0 aliphatic carbocycles. The van der Waals surface area contributed by atoms with Crippen LogP contribution in [0.4, 0.5) is 0 Å². The van der Waals surface area contributed by atoms with Crippen LogP contribution in [0.15, 0.2) is 16.9 Å². The summed E-state index contributed by atoms with van der Waals surface area (Å²) in [6, 6.07) is 3.21. The maximum atomic E-state index is 12.5. The molecule has 0 aliphatic rings. The van der Waals surface area contributed by atoms with Gasteiger partial charge in [0.2, 0.25) is 0 Å². The van der Waals surface area contributed by atoms with Crippen LogP contribution in [0, 0.1) is 0 Å². The Balaban J connectivity index is 2.66. The number of nitrogens with one attached hydrogen (secondary N) is 1. The lowest BCUT2D eigenvalue weighted by Crippen LogP contribution is -2.31. The zero-order chi connectivity index (χ0) is 17.7. The van der Waals surface area contributed by atoms with E-state index in [1.54, 1.807) is 19.1 Å². The standard InChI is InChI=1S/C17H23N3O4/c1-5-7-8-18-16(21)15-11-9-13(23-3)14(24-4)10-12(11)17(22)20(6-2)19-15/h9-10H,5-8H2,1-4H3,(H,18,21). The highest BCUT2D eigenvalue weighted by molar-refractivity contribution is 6.05. The van der Waals surface area contributed by atoms with Crippen LogP contribution in [0.1, 0.15) is 37.2 Å². The molecule has 1 N–H and O–H groups in total. The number of aromatic nitrogens is 2. The molecule has 1 aromatic heterocycles. The van der Waals surface area contributed by atoms with E-state index >= 15 is 0 Å². The van der Waals surface area contributed by atoms with Crippen LogP contribution in [0.5, 0.6) is 11.5 Å². The molecule has 2 rings (SSSR count). The van der Waals surface area contributed by atoms with Gasteiger partial charge in [-0.2, -0.15) is 5.10 Å². The van der Waals surface area contributed by atoms with Gasteiger partial charge in [0, 0.05) is 18.5 Å². The number of carbonyl (C=O) groups excluding carboxylic acids is 1. The average molecular weight is 333 g/mol. The Morgan fingerprint density at radius 3 is 2.33 bits per heavy atom. The molecular weight excluding hydrogens is 310 g/mol. The summed E-state index contributed by atoms with van der Waals surface area (Å²) in [6.07, 6.45) is 1.86. The van der Waals surface area contributed by atoms with Gasteiger partial charge in [0.05, 0.1) is 19.6 Å². The lowest BCUT2D eigenvalue weighted by atomic mass is 10.1. The predicted octanol–water partition coefficient (Wildman–Crippen LogP) is 1.96. The first-order chi connectivity index (χ1) is 11.6. The molecule has 0 radical (unpaired) electrons. The molecule has 0 saturated carbocycles. The highest BCUT2D eigenvalue weighted by Crippen LogP contribution is 2.31. The van der Waals surface area contributed by atoms with Crippen LogP contribution >= 0.6 is 0 Å². The maximum Gasteiger partial charge on any atom is 0.274 e. The summed E-state index contributed by atoms with van der Waals surface area (Å²) < 4.78 is 11.8. The fourth-order valence-electron chi connectivity index (χ4n) is 2.46. The van der Waals surface area contributed by atoms with E-state index in [0.29, 0.717) is 35.4 Å². The van der Waals surface area contributed by atoms with Crippen molar-refractivity contribution in [3.63, 3.8) is 0 Å². The van der Waals surface area contributed by atoms with Crippen LogP contribution in [0.2, 0.25) is 0 Å². The Morgan fingerprint density at radius 2 is 1.79 bits per heavy atom. The molecule has 0 atom stereocenters. The quantitative estimate of drug-likeness (QED) is 0.783. The van der Waals surface area contributed by atoms with E-state index < -0.39 is 0 Å². The second-order valence-corrected chi connectivity index (χ2v) is 5.33. The Morgan fingerprint density at radius 1 is 1.17 bits per heavy atom. The maximum absolute atomic E-state index is 12.5. The predicted molar refractivity (Wildman–Crippen MR) is 92.0 cm³/mol. The fraction of sp³-hybridized carbons (Fsp3) is 0.471. The number of rotatable bonds is 7. The molecule has 1 heterocycles. The lowest BCUT2D eigenvalue weighted by Gasteiger charge is -2.13. The number of ether oxygens (including phenoxy) is 2. The van der Waals surface area contributed by atoms with Crippen LogP contribution in [0.3, 0.4) is 0 Å². The number of amides is 1. The van der Waals surface area contributed by atoms with Crippen molar-refractivity contribution in [3.05, 3.63) is 28.2 Å². The summed E-state index contributed by atoms with van der Waals surface area (Å²) in [5.74, 6) is 0.583. The molecule has 24 heavy (non-hydrogen) atoms. The number of benzene rings is 1. The summed E-state index contributed by atoms with van der Waals surface area (Å²) in [6.45, 7) is 4.80. The number of unbranched alkanes of at least 4 members (excludes halogenated alkanes) is 1. The monoisotopic (exact) mass is 333 g/mol. The Kier molecular flexibility index (Phi) is 5.78. The van der Waals surface area contributed by atoms with E-state index in [4.69, 9.17) is 9.47 Å². The van der Waals surface area contributed by atoms with Gasteiger partial charge in [0.1, 0.15) is 0 Å². The van der Waals surface area contributed by atoms with Crippen molar-refractivity contribution in [2.24, 2.45) is 0 Å². The molecule has 0 bridgehead atoms. The minimum Gasteiger partial charge on any atom is -0.493 e. The number of aryl methyl sites for hydroxylation is 1. The first-order valence-electron chi connectivity index (χ1n) is 8.02. The molecule has 0 aliphatic heterocycles. The van der Waals surface area contributed by atoms with Gasteiger partial charge < -0.3 is 14.8 Å². The minimum absolute atomic E-state index is 0.212. The number of fused-ring (bicyclic) bond motifs is 1. The molecule has 2 aromatic rings. The molecular formula is C17H23N3O4. The summed E-state index contributed by atoms with van der Waals surface area (Å²) >= 11 is 0. The smallest absolute Gasteiger partial charge is 0.274 e. The third-order valence-corrected chi connectivity index (χ3v) is 3.79. The average Bonchev–Trinajstić information content (AvgIpc) is 2.61. The first-order valence-corrected chi connectivity index (χ1v) is 8.02. The molecule has 1 amide bonds. The van der Waals surface area contributed by atoms with Gasteiger partial charge in [0.15, 0.2) is 17.2 Å². The molecule has 0 saturated heterocycles.